The normalized spacial score (nSPS) is 11.6. The minimum Gasteiger partial charge on any atom is -0.477 e. The van der Waals surface area contributed by atoms with E-state index < -0.39 is 38.1 Å². The molecule has 0 aliphatic heterocycles. The second-order valence-electron chi connectivity index (χ2n) is 4.22. The standard InChI is InChI=1S/C12H15F2NO5S/c13-8-4-5-9(11(14)10(8)12(17)18)21(19,20)15-6-2-1-3-7-16/h4-5,15-16H,1-3,6-7H2,(H,17,18). The number of hydrogen-bond acceptors (Lipinski definition) is 4. The number of unbranched alkanes of at least 4 members (excludes halogenated alkanes) is 2. The van der Waals surface area contributed by atoms with Crippen LogP contribution < -0.4 is 4.72 Å². The van der Waals surface area contributed by atoms with Gasteiger partial charge in [0.2, 0.25) is 10.0 Å². The quantitative estimate of drug-likeness (QED) is 0.622. The van der Waals surface area contributed by atoms with Crippen LogP contribution in [0, 0.1) is 11.6 Å². The van der Waals surface area contributed by atoms with Crippen molar-refractivity contribution in [3.8, 4) is 0 Å². The van der Waals surface area contributed by atoms with E-state index in [0.29, 0.717) is 31.4 Å². The number of nitrogens with one attached hydrogen (secondary N) is 1. The average Bonchev–Trinajstić information content (AvgIpc) is 2.37. The first-order valence-electron chi connectivity index (χ1n) is 6.13. The van der Waals surface area contributed by atoms with Gasteiger partial charge in [0.05, 0.1) is 0 Å². The highest BCUT2D eigenvalue weighted by Crippen LogP contribution is 2.21. The van der Waals surface area contributed by atoms with Crippen LogP contribution in [0.25, 0.3) is 0 Å². The molecule has 0 radical (unpaired) electrons. The molecule has 1 rings (SSSR count). The molecular formula is C12H15F2NO5S. The number of aliphatic hydroxyl groups is 1. The van der Waals surface area contributed by atoms with Crippen LogP contribution in [0.1, 0.15) is 29.6 Å². The van der Waals surface area contributed by atoms with Gasteiger partial charge < -0.3 is 10.2 Å². The SMILES string of the molecule is O=C(O)c1c(F)ccc(S(=O)(=O)NCCCCCO)c1F. The molecule has 21 heavy (non-hydrogen) atoms. The van der Waals surface area contributed by atoms with Crippen LogP contribution >= 0.6 is 0 Å². The minimum absolute atomic E-state index is 0.00154. The van der Waals surface area contributed by atoms with E-state index in [1.54, 1.807) is 0 Å². The lowest BCUT2D eigenvalue weighted by Crippen LogP contribution is -2.26. The summed E-state index contributed by atoms with van der Waals surface area (Å²) in [7, 11) is -4.27. The van der Waals surface area contributed by atoms with E-state index in [0.717, 1.165) is 0 Å². The molecule has 0 amide bonds. The van der Waals surface area contributed by atoms with Crippen LogP contribution in [0.2, 0.25) is 0 Å². The van der Waals surface area contributed by atoms with Gasteiger partial charge in [0.25, 0.3) is 0 Å². The van der Waals surface area contributed by atoms with Crippen LogP contribution in [-0.2, 0) is 10.0 Å². The Morgan fingerprint density at radius 3 is 2.43 bits per heavy atom. The van der Waals surface area contributed by atoms with Gasteiger partial charge in [0, 0.05) is 13.2 Å². The van der Waals surface area contributed by atoms with Gasteiger partial charge in [-0.2, -0.15) is 0 Å². The minimum atomic E-state index is -4.27. The third-order valence-electron chi connectivity index (χ3n) is 2.69. The van der Waals surface area contributed by atoms with E-state index >= 15 is 0 Å². The van der Waals surface area contributed by atoms with E-state index in [9.17, 15) is 22.0 Å². The number of rotatable bonds is 8. The van der Waals surface area contributed by atoms with Crippen molar-refractivity contribution in [2.75, 3.05) is 13.2 Å². The zero-order chi connectivity index (χ0) is 16.0. The monoisotopic (exact) mass is 323 g/mol. The van der Waals surface area contributed by atoms with Crippen LogP contribution in [0.5, 0.6) is 0 Å². The molecule has 1 aromatic rings. The smallest absolute Gasteiger partial charge is 0.341 e. The molecule has 0 bridgehead atoms. The molecule has 3 N–H and O–H groups in total. The van der Waals surface area contributed by atoms with Crippen molar-refractivity contribution in [2.24, 2.45) is 0 Å². The van der Waals surface area contributed by atoms with Crippen LogP contribution in [-0.4, -0.2) is 37.8 Å². The van der Waals surface area contributed by atoms with Gasteiger partial charge >= 0.3 is 5.97 Å². The van der Waals surface area contributed by atoms with Crippen molar-refractivity contribution in [2.45, 2.75) is 24.2 Å². The van der Waals surface area contributed by atoms with Gasteiger partial charge in [-0.3, -0.25) is 0 Å². The van der Waals surface area contributed by atoms with E-state index in [1.807, 2.05) is 0 Å². The zero-order valence-corrected chi connectivity index (χ0v) is 11.8. The highest BCUT2D eigenvalue weighted by molar-refractivity contribution is 7.89. The van der Waals surface area contributed by atoms with Gasteiger partial charge in [-0.05, 0) is 31.4 Å². The Kier molecular flexibility index (Phi) is 6.19. The summed E-state index contributed by atoms with van der Waals surface area (Å²) in [5.74, 6) is -4.86. The molecule has 118 valence electrons. The first kappa shape index (κ1) is 17.5. The van der Waals surface area contributed by atoms with Crippen molar-refractivity contribution in [3.05, 3.63) is 29.3 Å². The van der Waals surface area contributed by atoms with Crippen LogP contribution in [0.4, 0.5) is 8.78 Å². The Balaban J connectivity index is 2.94. The number of aliphatic hydroxyl groups excluding tert-OH is 1. The molecule has 0 saturated heterocycles. The molecule has 0 aromatic heterocycles. The maximum absolute atomic E-state index is 13.8. The maximum Gasteiger partial charge on any atom is 0.341 e. The Hall–Kier alpha value is -1.58. The summed E-state index contributed by atoms with van der Waals surface area (Å²) in [5.41, 5.74) is -1.31. The van der Waals surface area contributed by atoms with E-state index in [4.69, 9.17) is 10.2 Å². The van der Waals surface area contributed by atoms with Crippen molar-refractivity contribution in [3.63, 3.8) is 0 Å². The number of sulfonamides is 1. The first-order valence-corrected chi connectivity index (χ1v) is 7.61. The highest BCUT2D eigenvalue weighted by Gasteiger charge is 2.26. The number of aromatic carboxylic acids is 1. The number of benzene rings is 1. The second kappa shape index (κ2) is 7.43. The van der Waals surface area contributed by atoms with Crippen LogP contribution in [0.3, 0.4) is 0 Å². The summed E-state index contributed by atoms with van der Waals surface area (Å²) in [6.45, 7) is -0.0110. The number of hydrogen-bond donors (Lipinski definition) is 3. The summed E-state index contributed by atoms with van der Waals surface area (Å²) in [5, 5.41) is 17.3. The molecule has 0 spiro atoms. The van der Waals surface area contributed by atoms with E-state index in [2.05, 4.69) is 4.72 Å². The highest BCUT2D eigenvalue weighted by atomic mass is 32.2. The molecular weight excluding hydrogens is 308 g/mol. The Labute approximate surface area is 120 Å². The fraction of sp³-hybridized carbons (Fsp3) is 0.417. The number of halogens is 2. The predicted octanol–water partition coefficient (Wildman–Crippen LogP) is 1.10. The molecule has 0 aliphatic rings. The summed E-state index contributed by atoms with van der Waals surface area (Å²) >= 11 is 0. The van der Waals surface area contributed by atoms with Gasteiger partial charge in [-0.15, -0.1) is 0 Å². The first-order chi connectivity index (χ1) is 9.81. The molecule has 6 nitrogen and oxygen atoms in total. The molecule has 0 aliphatic carbocycles. The summed E-state index contributed by atoms with van der Waals surface area (Å²) in [4.78, 5) is 9.82. The van der Waals surface area contributed by atoms with Gasteiger partial charge in [0.15, 0.2) is 5.82 Å². The third kappa shape index (κ3) is 4.45. The lowest BCUT2D eigenvalue weighted by molar-refractivity contribution is 0.0685. The molecule has 0 unspecified atom stereocenters. The van der Waals surface area contributed by atoms with Crippen molar-refractivity contribution in [1.29, 1.82) is 0 Å². The Bertz CT molecular complexity index is 618. The fourth-order valence-electron chi connectivity index (χ4n) is 1.63. The second-order valence-corrected chi connectivity index (χ2v) is 5.96. The maximum atomic E-state index is 13.8. The number of carbonyl (C=O) groups is 1. The summed E-state index contributed by atoms with van der Waals surface area (Å²) in [6, 6.07) is 1.26. The molecule has 0 saturated carbocycles. The van der Waals surface area contributed by atoms with Crippen LogP contribution in [0.15, 0.2) is 17.0 Å². The molecule has 0 atom stereocenters. The fourth-order valence-corrected chi connectivity index (χ4v) is 2.79. The van der Waals surface area contributed by atoms with E-state index in [1.165, 1.54) is 0 Å². The summed E-state index contributed by atoms with van der Waals surface area (Å²) < 4.78 is 52.8. The zero-order valence-electron chi connectivity index (χ0n) is 11.0. The third-order valence-corrected chi connectivity index (χ3v) is 4.16. The molecule has 0 heterocycles. The molecule has 0 fully saturated rings. The Morgan fingerprint density at radius 1 is 1.19 bits per heavy atom. The number of carboxylic acids is 1. The van der Waals surface area contributed by atoms with Gasteiger partial charge in [-0.25, -0.2) is 26.7 Å². The summed E-state index contributed by atoms with van der Waals surface area (Å²) in [6.07, 6.45) is 1.51. The predicted molar refractivity (Wildman–Crippen MR) is 69.4 cm³/mol. The van der Waals surface area contributed by atoms with Crippen molar-refractivity contribution >= 4 is 16.0 Å². The largest absolute Gasteiger partial charge is 0.477 e. The molecule has 1 aromatic carbocycles. The van der Waals surface area contributed by atoms with Gasteiger partial charge in [0.1, 0.15) is 16.3 Å². The molecule has 9 heteroatoms. The topological polar surface area (TPSA) is 104 Å². The average molecular weight is 323 g/mol. The van der Waals surface area contributed by atoms with Crippen molar-refractivity contribution < 1.29 is 32.2 Å². The van der Waals surface area contributed by atoms with Crippen molar-refractivity contribution in [1.82, 2.24) is 4.72 Å². The lowest BCUT2D eigenvalue weighted by Gasteiger charge is -2.09. The van der Waals surface area contributed by atoms with E-state index in [-0.39, 0.29) is 13.2 Å². The number of carboxylic acid groups (broad SMARTS) is 1. The lowest BCUT2D eigenvalue weighted by atomic mass is 10.2. The Morgan fingerprint density at radius 2 is 1.86 bits per heavy atom. The van der Waals surface area contributed by atoms with Gasteiger partial charge in [-0.1, -0.05) is 0 Å².